The van der Waals surface area contributed by atoms with E-state index < -0.39 is 0 Å². The summed E-state index contributed by atoms with van der Waals surface area (Å²) in [7, 11) is 0. The minimum absolute atomic E-state index is 0.824. The van der Waals surface area contributed by atoms with Crippen LogP contribution in [-0.4, -0.2) is 4.70 Å². The van der Waals surface area contributed by atoms with Gasteiger partial charge in [-0.15, -0.1) is 0 Å². The predicted octanol–water partition coefficient (Wildman–Crippen LogP) is 14.3. The van der Waals surface area contributed by atoms with E-state index in [4.69, 9.17) is 0 Å². The standard InChI is InChI=1S/C28H34N2.2C7H15.Ni/c1-4-5-6-7-8-9-10-11-12-26-21-27(24-17-13-22(2)14-18-24)30(29)28(26)25-19-15-23(3)16-20-25;2*1-3-5-7-6-4-2;/h11-21H,4-10H2,1-3H3;2*1,3-7H2,2H3;. The van der Waals surface area contributed by atoms with Crippen LogP contribution in [0.3, 0.4) is 0 Å². The summed E-state index contributed by atoms with van der Waals surface area (Å²) in [5, 5.41) is 2.84. The van der Waals surface area contributed by atoms with Crippen LogP contribution in [0.1, 0.15) is 152 Å². The summed E-state index contributed by atoms with van der Waals surface area (Å²) >= 11 is 2.00. The van der Waals surface area contributed by atoms with E-state index >= 15 is 0 Å². The van der Waals surface area contributed by atoms with Crippen molar-refractivity contribution >= 4 is 11.4 Å². The first kappa shape index (κ1) is 38.9. The molecule has 45 heavy (non-hydrogen) atoms. The summed E-state index contributed by atoms with van der Waals surface area (Å²) in [6, 6.07) is 16.7. The quantitative estimate of drug-likeness (QED) is 0.0685. The predicted molar refractivity (Wildman–Crippen MR) is 195 cm³/mol. The Morgan fingerprint density at radius 1 is 0.578 bits per heavy atom. The molecule has 0 saturated heterocycles. The first-order valence-electron chi connectivity index (χ1n) is 18.2. The van der Waals surface area contributed by atoms with E-state index in [-0.39, 0.29) is 0 Å². The Hall–Kier alpha value is -2.25. The average Bonchev–Trinajstić information content (AvgIpc) is 3.37. The summed E-state index contributed by atoms with van der Waals surface area (Å²) in [5.41, 5.74) is 18.3. The molecule has 0 aliphatic carbocycles. The van der Waals surface area contributed by atoms with Crippen molar-refractivity contribution in [1.29, 1.82) is 0 Å². The fraction of sp³-hybridized carbons (Fsp3) is 0.571. The van der Waals surface area contributed by atoms with Gasteiger partial charge in [0.1, 0.15) is 0 Å². The van der Waals surface area contributed by atoms with E-state index in [1.54, 1.807) is 0 Å². The Kier molecular flexibility index (Phi) is 21.6. The van der Waals surface area contributed by atoms with E-state index in [1.165, 1.54) is 129 Å². The third-order valence-corrected chi connectivity index (χ3v) is 9.75. The average molecular weight is 656 g/mol. The molecule has 1 aliphatic rings. The summed E-state index contributed by atoms with van der Waals surface area (Å²) in [5.74, 6) is 0. The van der Waals surface area contributed by atoms with Gasteiger partial charge in [0, 0.05) is 17.2 Å². The van der Waals surface area contributed by atoms with Gasteiger partial charge in [0.25, 0.3) is 0 Å². The SMILES string of the molecule is CCCCCCCCC=CC1=C(c2ccc(C)cc2)[N+](=[N-])C(c2ccc(C)cc2)=C1.CCCCCC[CH2][Ni][CH2]CCCCCC. The first-order chi connectivity index (χ1) is 22.0. The van der Waals surface area contributed by atoms with Gasteiger partial charge >= 0.3 is 103 Å². The van der Waals surface area contributed by atoms with Gasteiger partial charge in [0.2, 0.25) is 11.4 Å². The van der Waals surface area contributed by atoms with Gasteiger partial charge in [-0.2, -0.15) is 0 Å². The first-order valence-corrected chi connectivity index (χ1v) is 19.6. The molecule has 0 saturated carbocycles. The van der Waals surface area contributed by atoms with Gasteiger partial charge in [-0.05, 0) is 51.0 Å². The molecule has 3 rings (SSSR count). The molecule has 2 aromatic carbocycles. The minimum atomic E-state index is 0.824. The number of hydrogen-bond donors (Lipinski definition) is 0. The number of rotatable bonds is 22. The van der Waals surface area contributed by atoms with E-state index in [2.05, 4.69) is 101 Å². The fourth-order valence-electron chi connectivity index (χ4n) is 5.43. The van der Waals surface area contributed by atoms with Crippen molar-refractivity contribution in [2.24, 2.45) is 0 Å². The molecule has 2 nitrogen and oxygen atoms in total. The third kappa shape index (κ3) is 16.2. The normalized spacial score (nSPS) is 13.1. The monoisotopic (exact) mass is 654 g/mol. The van der Waals surface area contributed by atoms with Crippen molar-refractivity contribution in [3.8, 4) is 0 Å². The molecule has 0 amide bonds. The summed E-state index contributed by atoms with van der Waals surface area (Å²) < 4.78 is 1.35. The molecular weight excluding hydrogens is 591 g/mol. The molecule has 252 valence electrons. The fourth-order valence-corrected chi connectivity index (χ4v) is 6.67. The van der Waals surface area contributed by atoms with E-state index in [0.717, 1.165) is 34.5 Å². The number of hydrogen-bond acceptors (Lipinski definition) is 0. The number of nitrogens with zero attached hydrogens (tertiary/aromatic N) is 2. The van der Waals surface area contributed by atoms with Crippen molar-refractivity contribution < 1.29 is 19.1 Å². The van der Waals surface area contributed by atoms with Gasteiger partial charge in [0.15, 0.2) is 0 Å². The van der Waals surface area contributed by atoms with E-state index in [9.17, 15) is 5.53 Å². The summed E-state index contributed by atoms with van der Waals surface area (Å²) in [6.45, 7) is 11.0. The molecule has 0 aromatic heterocycles. The zero-order valence-corrected chi connectivity index (χ0v) is 30.5. The molecule has 0 fully saturated rings. The van der Waals surface area contributed by atoms with Crippen molar-refractivity contribution in [2.75, 3.05) is 0 Å². The molecule has 0 radical (unpaired) electrons. The van der Waals surface area contributed by atoms with E-state index in [0.29, 0.717) is 0 Å². The number of allylic oxidation sites excluding steroid dienone is 4. The van der Waals surface area contributed by atoms with Crippen molar-refractivity contribution in [3.05, 3.63) is 100 Å². The van der Waals surface area contributed by atoms with Crippen LogP contribution in [0.4, 0.5) is 0 Å². The zero-order valence-electron chi connectivity index (χ0n) is 29.5. The van der Waals surface area contributed by atoms with Crippen LogP contribution < -0.4 is 0 Å². The van der Waals surface area contributed by atoms with Crippen LogP contribution in [0.25, 0.3) is 16.9 Å². The molecule has 0 spiro atoms. The van der Waals surface area contributed by atoms with Gasteiger partial charge < -0.3 is 5.53 Å². The van der Waals surface area contributed by atoms with Crippen molar-refractivity contribution in [3.63, 3.8) is 0 Å². The van der Waals surface area contributed by atoms with Gasteiger partial charge in [-0.3, -0.25) is 0 Å². The Morgan fingerprint density at radius 2 is 1.02 bits per heavy atom. The Balaban J connectivity index is 0.000000399. The van der Waals surface area contributed by atoms with Gasteiger partial charge in [0.05, 0.1) is 5.57 Å². The molecule has 0 N–H and O–H groups in total. The molecular formula is C42H64N2Ni. The Bertz CT molecular complexity index is 1140. The molecule has 0 bridgehead atoms. The number of aryl methyl sites for hydroxylation is 2. The molecule has 3 heteroatoms. The second-order valence-electron chi connectivity index (χ2n) is 12.6. The van der Waals surface area contributed by atoms with Crippen molar-refractivity contribution in [2.45, 2.75) is 155 Å². The maximum absolute atomic E-state index is 11.1. The van der Waals surface area contributed by atoms with Crippen LogP contribution in [0.5, 0.6) is 0 Å². The molecule has 2 aromatic rings. The Labute approximate surface area is 284 Å². The van der Waals surface area contributed by atoms with Crippen LogP contribution in [-0.2, 0) is 14.4 Å². The topological polar surface area (TPSA) is 25.3 Å². The van der Waals surface area contributed by atoms with E-state index in [1.807, 2.05) is 14.4 Å². The molecule has 0 atom stereocenters. The molecule has 1 heterocycles. The summed E-state index contributed by atoms with van der Waals surface area (Å²) in [6.07, 6.45) is 29.8. The van der Waals surface area contributed by atoms with Crippen molar-refractivity contribution in [1.82, 2.24) is 0 Å². The Morgan fingerprint density at radius 3 is 1.53 bits per heavy atom. The second kappa shape index (κ2) is 24.9. The van der Waals surface area contributed by atoms with Gasteiger partial charge in [-0.25, -0.2) is 4.70 Å². The van der Waals surface area contributed by atoms with Crippen LogP contribution in [0.15, 0.2) is 72.3 Å². The molecule has 0 unspecified atom stereocenters. The second-order valence-corrected chi connectivity index (χ2v) is 14.1. The molecule has 1 aliphatic heterocycles. The third-order valence-electron chi connectivity index (χ3n) is 8.35. The van der Waals surface area contributed by atoms with Crippen LogP contribution in [0.2, 0.25) is 10.8 Å². The number of benzene rings is 2. The zero-order chi connectivity index (χ0) is 32.5. The number of unbranched alkanes of at least 4 members (excludes halogenated alkanes) is 14. The van der Waals surface area contributed by atoms with Gasteiger partial charge in [-0.1, -0.05) is 86.6 Å². The van der Waals surface area contributed by atoms with Crippen LogP contribution in [0, 0.1) is 13.8 Å². The summed E-state index contributed by atoms with van der Waals surface area (Å²) in [4.78, 5) is 0. The maximum atomic E-state index is 11.1. The van der Waals surface area contributed by atoms with Crippen LogP contribution >= 0.6 is 0 Å².